The lowest BCUT2D eigenvalue weighted by atomic mass is 9.92. The molecule has 3 unspecified atom stereocenters. The standard InChI is InChI=1S/C20H22N4/c21-14-24-11-10-18(13-24)20-12-19(22-23-20)17-8-6-16(7-9-17)15-4-2-1-3-5-15/h1-9,18-20,22-23H,10-13H2. The van der Waals surface area contributed by atoms with Crippen molar-refractivity contribution < 1.29 is 0 Å². The number of hydrogen-bond acceptors (Lipinski definition) is 4. The van der Waals surface area contributed by atoms with E-state index in [9.17, 15) is 0 Å². The van der Waals surface area contributed by atoms with E-state index in [0.29, 0.717) is 18.0 Å². The Morgan fingerprint density at radius 3 is 2.42 bits per heavy atom. The van der Waals surface area contributed by atoms with Crippen molar-refractivity contribution in [2.45, 2.75) is 24.9 Å². The predicted molar refractivity (Wildman–Crippen MR) is 94.6 cm³/mol. The third kappa shape index (κ3) is 3.01. The average Bonchev–Trinajstić information content (AvgIpc) is 3.32. The van der Waals surface area contributed by atoms with E-state index in [1.165, 1.54) is 16.7 Å². The summed E-state index contributed by atoms with van der Waals surface area (Å²) in [5, 5.41) is 9.02. The van der Waals surface area contributed by atoms with Crippen LogP contribution < -0.4 is 10.9 Å². The molecule has 4 rings (SSSR count). The van der Waals surface area contributed by atoms with E-state index in [4.69, 9.17) is 5.26 Å². The molecular weight excluding hydrogens is 296 g/mol. The Morgan fingerprint density at radius 1 is 0.958 bits per heavy atom. The molecule has 0 aromatic heterocycles. The minimum Gasteiger partial charge on any atom is -0.310 e. The number of nitrogens with one attached hydrogen (secondary N) is 2. The molecule has 4 nitrogen and oxygen atoms in total. The Kier molecular flexibility index (Phi) is 4.20. The Morgan fingerprint density at radius 2 is 1.71 bits per heavy atom. The van der Waals surface area contributed by atoms with Crippen molar-refractivity contribution in [2.24, 2.45) is 5.92 Å². The summed E-state index contributed by atoms with van der Waals surface area (Å²) in [6.45, 7) is 1.78. The largest absolute Gasteiger partial charge is 0.310 e. The Labute approximate surface area is 143 Å². The van der Waals surface area contributed by atoms with Crippen LogP contribution in [-0.2, 0) is 0 Å². The zero-order valence-corrected chi connectivity index (χ0v) is 13.7. The van der Waals surface area contributed by atoms with Gasteiger partial charge in [-0.25, -0.2) is 0 Å². The highest BCUT2D eigenvalue weighted by Crippen LogP contribution is 2.31. The van der Waals surface area contributed by atoms with E-state index < -0.39 is 0 Å². The number of rotatable bonds is 3. The Hall–Kier alpha value is -2.35. The van der Waals surface area contributed by atoms with Crippen molar-refractivity contribution >= 4 is 0 Å². The summed E-state index contributed by atoms with van der Waals surface area (Å²) in [6.07, 6.45) is 4.45. The molecule has 0 saturated carbocycles. The second-order valence-corrected chi connectivity index (χ2v) is 6.77. The molecular formula is C20H22N4. The maximum Gasteiger partial charge on any atom is 0.179 e. The van der Waals surface area contributed by atoms with Crippen LogP contribution in [-0.4, -0.2) is 24.0 Å². The molecule has 2 aromatic carbocycles. The minimum atomic E-state index is 0.343. The van der Waals surface area contributed by atoms with Gasteiger partial charge < -0.3 is 4.90 Å². The molecule has 0 spiro atoms. The van der Waals surface area contributed by atoms with Crippen LogP contribution in [0.2, 0.25) is 0 Å². The molecule has 2 aromatic rings. The quantitative estimate of drug-likeness (QED) is 0.854. The molecule has 0 bridgehead atoms. The molecule has 24 heavy (non-hydrogen) atoms. The van der Waals surface area contributed by atoms with Gasteiger partial charge in [-0.05, 0) is 35.4 Å². The summed E-state index contributed by atoms with van der Waals surface area (Å²) in [4.78, 5) is 1.87. The van der Waals surface area contributed by atoms with Crippen LogP contribution in [0.15, 0.2) is 54.6 Å². The third-order valence-electron chi connectivity index (χ3n) is 5.29. The van der Waals surface area contributed by atoms with Crippen molar-refractivity contribution in [3.63, 3.8) is 0 Å². The fourth-order valence-corrected chi connectivity index (χ4v) is 3.85. The fourth-order valence-electron chi connectivity index (χ4n) is 3.85. The molecule has 2 fully saturated rings. The summed E-state index contributed by atoms with van der Waals surface area (Å²) in [7, 11) is 0. The van der Waals surface area contributed by atoms with Gasteiger partial charge in [-0.2, -0.15) is 5.26 Å². The normalized spacial score (nSPS) is 26.5. The first-order valence-corrected chi connectivity index (χ1v) is 8.64. The highest BCUT2D eigenvalue weighted by molar-refractivity contribution is 5.63. The van der Waals surface area contributed by atoms with Crippen molar-refractivity contribution in [3.05, 3.63) is 60.2 Å². The summed E-state index contributed by atoms with van der Waals surface area (Å²) < 4.78 is 0. The smallest absolute Gasteiger partial charge is 0.179 e. The van der Waals surface area contributed by atoms with Crippen LogP contribution in [0.4, 0.5) is 0 Å². The van der Waals surface area contributed by atoms with E-state index in [2.05, 4.69) is 65.6 Å². The van der Waals surface area contributed by atoms with Crippen LogP contribution in [0.1, 0.15) is 24.4 Å². The zero-order chi connectivity index (χ0) is 16.4. The number of benzene rings is 2. The molecule has 0 radical (unpaired) electrons. The second-order valence-electron chi connectivity index (χ2n) is 6.77. The maximum atomic E-state index is 9.02. The molecule has 2 N–H and O–H groups in total. The fraction of sp³-hybridized carbons (Fsp3) is 0.350. The van der Waals surface area contributed by atoms with Gasteiger partial charge in [0, 0.05) is 25.2 Å². The maximum absolute atomic E-state index is 9.02. The summed E-state index contributed by atoms with van der Waals surface area (Å²) >= 11 is 0. The van der Waals surface area contributed by atoms with Crippen molar-refractivity contribution in [3.8, 4) is 17.3 Å². The van der Waals surface area contributed by atoms with E-state index in [1.807, 2.05) is 11.0 Å². The SMILES string of the molecule is N#CN1CCC(C2CC(c3ccc(-c4ccccc4)cc3)NN2)C1. The van der Waals surface area contributed by atoms with Gasteiger partial charge in [-0.1, -0.05) is 54.6 Å². The Balaban J connectivity index is 1.41. The van der Waals surface area contributed by atoms with Crippen molar-refractivity contribution in [1.29, 1.82) is 5.26 Å². The monoisotopic (exact) mass is 318 g/mol. The molecule has 122 valence electrons. The number of nitrogens with zero attached hydrogens (tertiary/aromatic N) is 2. The van der Waals surface area contributed by atoms with Gasteiger partial charge in [0.1, 0.15) is 0 Å². The van der Waals surface area contributed by atoms with Crippen LogP contribution in [0, 0.1) is 17.4 Å². The van der Waals surface area contributed by atoms with Crippen LogP contribution in [0.25, 0.3) is 11.1 Å². The van der Waals surface area contributed by atoms with Crippen LogP contribution in [0.5, 0.6) is 0 Å². The highest BCUT2D eigenvalue weighted by atomic mass is 15.4. The van der Waals surface area contributed by atoms with Crippen LogP contribution in [0.3, 0.4) is 0 Å². The summed E-state index contributed by atoms with van der Waals surface area (Å²) in [5.41, 5.74) is 10.7. The van der Waals surface area contributed by atoms with Crippen molar-refractivity contribution in [1.82, 2.24) is 15.8 Å². The molecule has 2 aliphatic rings. The predicted octanol–water partition coefficient (Wildman–Crippen LogP) is 3.06. The van der Waals surface area contributed by atoms with Gasteiger partial charge in [0.2, 0.25) is 0 Å². The lowest BCUT2D eigenvalue weighted by Crippen LogP contribution is -2.36. The summed E-state index contributed by atoms with van der Waals surface area (Å²) in [5.74, 6) is 0.561. The molecule has 2 aliphatic heterocycles. The number of likely N-dealkylation sites (tertiary alicyclic amines) is 1. The van der Waals surface area contributed by atoms with Crippen molar-refractivity contribution in [2.75, 3.05) is 13.1 Å². The van der Waals surface area contributed by atoms with Gasteiger partial charge >= 0.3 is 0 Å². The lowest BCUT2D eigenvalue weighted by molar-refractivity contribution is 0.372. The minimum absolute atomic E-state index is 0.343. The van der Waals surface area contributed by atoms with Gasteiger partial charge in [-0.15, -0.1) is 0 Å². The van der Waals surface area contributed by atoms with E-state index in [-0.39, 0.29) is 0 Å². The molecule has 2 saturated heterocycles. The first kappa shape index (κ1) is 15.2. The molecule has 4 heteroatoms. The molecule has 0 amide bonds. The topological polar surface area (TPSA) is 51.1 Å². The summed E-state index contributed by atoms with van der Waals surface area (Å²) in [6, 6.07) is 20.1. The Bertz CT molecular complexity index is 720. The van der Waals surface area contributed by atoms with E-state index in [0.717, 1.165) is 25.9 Å². The van der Waals surface area contributed by atoms with Gasteiger partial charge in [-0.3, -0.25) is 10.9 Å². The van der Waals surface area contributed by atoms with Gasteiger partial charge in [0.25, 0.3) is 0 Å². The molecule has 3 atom stereocenters. The first-order valence-electron chi connectivity index (χ1n) is 8.64. The van der Waals surface area contributed by atoms with Crippen LogP contribution >= 0.6 is 0 Å². The third-order valence-corrected chi connectivity index (χ3v) is 5.29. The molecule has 2 heterocycles. The number of hydrazine groups is 1. The lowest BCUT2D eigenvalue weighted by Gasteiger charge is -2.17. The van der Waals surface area contributed by atoms with E-state index >= 15 is 0 Å². The van der Waals surface area contributed by atoms with E-state index in [1.54, 1.807) is 0 Å². The first-order chi connectivity index (χ1) is 11.8. The highest BCUT2D eigenvalue weighted by Gasteiger charge is 2.34. The zero-order valence-electron chi connectivity index (χ0n) is 13.7. The number of nitriles is 1. The van der Waals surface area contributed by atoms with Gasteiger partial charge in [0.05, 0.1) is 0 Å². The average molecular weight is 318 g/mol. The number of hydrogen-bond donors (Lipinski definition) is 2. The molecule has 0 aliphatic carbocycles. The second kappa shape index (κ2) is 6.64. The van der Waals surface area contributed by atoms with Gasteiger partial charge in [0.15, 0.2) is 6.19 Å².